The summed E-state index contributed by atoms with van der Waals surface area (Å²) in [6, 6.07) is 3.83. The zero-order chi connectivity index (χ0) is 12.0. The SMILES string of the molecule is COc1cc(Br)c2c3c([nH]c2c1)C(=O)NCC3. The fraction of sp³-hybridized carbons (Fsp3) is 0.250. The van der Waals surface area contributed by atoms with Gasteiger partial charge in [-0.1, -0.05) is 0 Å². The maximum Gasteiger partial charge on any atom is 0.268 e. The van der Waals surface area contributed by atoms with Crippen molar-refractivity contribution in [1.82, 2.24) is 10.3 Å². The van der Waals surface area contributed by atoms with Crippen LogP contribution in [0.15, 0.2) is 16.6 Å². The zero-order valence-corrected chi connectivity index (χ0v) is 10.8. The lowest BCUT2D eigenvalue weighted by atomic mass is 10.0. The molecule has 5 heteroatoms. The van der Waals surface area contributed by atoms with Crippen molar-refractivity contribution >= 4 is 32.7 Å². The number of benzene rings is 1. The minimum atomic E-state index is -0.0340. The number of rotatable bonds is 1. The van der Waals surface area contributed by atoms with Gasteiger partial charge in [0, 0.05) is 22.5 Å². The number of fused-ring (bicyclic) bond motifs is 3. The summed E-state index contributed by atoms with van der Waals surface area (Å²) in [6.07, 6.45) is 0.853. The molecule has 3 rings (SSSR count). The van der Waals surface area contributed by atoms with E-state index in [9.17, 15) is 4.79 Å². The van der Waals surface area contributed by atoms with Gasteiger partial charge in [-0.3, -0.25) is 4.79 Å². The molecule has 0 atom stereocenters. The number of aromatic amines is 1. The van der Waals surface area contributed by atoms with E-state index < -0.39 is 0 Å². The molecule has 0 saturated carbocycles. The third-order valence-electron chi connectivity index (χ3n) is 3.05. The van der Waals surface area contributed by atoms with Gasteiger partial charge in [-0.15, -0.1) is 0 Å². The van der Waals surface area contributed by atoms with Gasteiger partial charge in [-0.05, 0) is 34.0 Å². The summed E-state index contributed by atoms with van der Waals surface area (Å²) in [7, 11) is 1.63. The number of carbonyl (C=O) groups is 1. The average Bonchev–Trinajstić information content (AvgIpc) is 2.69. The monoisotopic (exact) mass is 294 g/mol. The molecule has 0 saturated heterocycles. The van der Waals surface area contributed by atoms with Crippen LogP contribution in [0.3, 0.4) is 0 Å². The number of carbonyl (C=O) groups excluding carboxylic acids is 1. The van der Waals surface area contributed by atoms with Crippen LogP contribution in [-0.4, -0.2) is 24.5 Å². The average molecular weight is 295 g/mol. The van der Waals surface area contributed by atoms with Crippen molar-refractivity contribution in [3.8, 4) is 5.75 Å². The second kappa shape index (κ2) is 3.77. The summed E-state index contributed by atoms with van der Waals surface area (Å²) >= 11 is 3.54. The highest BCUT2D eigenvalue weighted by atomic mass is 79.9. The Bertz CT molecular complexity index is 618. The van der Waals surface area contributed by atoms with Gasteiger partial charge in [0.1, 0.15) is 11.4 Å². The lowest BCUT2D eigenvalue weighted by molar-refractivity contribution is 0.0942. The van der Waals surface area contributed by atoms with E-state index in [1.165, 1.54) is 0 Å². The standard InChI is InChI=1S/C12H11BrN2O2/c1-17-6-4-8(13)10-7-2-3-14-12(16)11(7)15-9(10)5-6/h4-5,15H,2-3H2,1H3,(H,14,16). The summed E-state index contributed by atoms with van der Waals surface area (Å²) in [6.45, 7) is 0.692. The van der Waals surface area contributed by atoms with Gasteiger partial charge in [0.15, 0.2) is 0 Å². The summed E-state index contributed by atoms with van der Waals surface area (Å²) < 4.78 is 6.17. The smallest absolute Gasteiger partial charge is 0.268 e. The topological polar surface area (TPSA) is 54.1 Å². The Morgan fingerprint density at radius 3 is 3.00 bits per heavy atom. The van der Waals surface area contributed by atoms with Crippen LogP contribution in [0.1, 0.15) is 16.1 Å². The number of amides is 1. The summed E-state index contributed by atoms with van der Waals surface area (Å²) in [4.78, 5) is 14.9. The second-order valence-electron chi connectivity index (χ2n) is 4.02. The van der Waals surface area contributed by atoms with Gasteiger partial charge in [0.2, 0.25) is 0 Å². The number of nitrogens with one attached hydrogen (secondary N) is 2. The summed E-state index contributed by atoms with van der Waals surface area (Å²) in [5, 5.41) is 3.91. The zero-order valence-electron chi connectivity index (χ0n) is 9.26. The maximum atomic E-state index is 11.7. The molecule has 17 heavy (non-hydrogen) atoms. The largest absolute Gasteiger partial charge is 0.497 e. The Balaban J connectivity index is 2.34. The molecule has 0 fully saturated rings. The van der Waals surface area contributed by atoms with Crippen LogP contribution in [0.5, 0.6) is 5.75 Å². The van der Waals surface area contributed by atoms with Gasteiger partial charge in [-0.2, -0.15) is 0 Å². The van der Waals surface area contributed by atoms with Crippen molar-refractivity contribution < 1.29 is 9.53 Å². The molecule has 1 aromatic carbocycles. The normalized spacial score (nSPS) is 14.6. The fourth-order valence-electron chi connectivity index (χ4n) is 2.27. The highest BCUT2D eigenvalue weighted by molar-refractivity contribution is 9.10. The van der Waals surface area contributed by atoms with Gasteiger partial charge in [-0.25, -0.2) is 0 Å². The van der Waals surface area contributed by atoms with Gasteiger partial charge in [0.05, 0.1) is 12.6 Å². The third-order valence-corrected chi connectivity index (χ3v) is 3.68. The lowest BCUT2D eigenvalue weighted by Gasteiger charge is -2.12. The fourth-order valence-corrected chi connectivity index (χ4v) is 2.95. The molecule has 2 aromatic rings. The molecule has 2 heterocycles. The number of H-pyrrole nitrogens is 1. The summed E-state index contributed by atoms with van der Waals surface area (Å²) in [5.74, 6) is 0.733. The molecule has 4 nitrogen and oxygen atoms in total. The van der Waals surface area contributed by atoms with Gasteiger partial charge < -0.3 is 15.0 Å². The molecule has 88 valence electrons. The van der Waals surface area contributed by atoms with Crippen LogP contribution >= 0.6 is 15.9 Å². The van der Waals surface area contributed by atoms with E-state index in [2.05, 4.69) is 26.2 Å². The number of aromatic nitrogens is 1. The predicted molar refractivity (Wildman–Crippen MR) is 68.6 cm³/mol. The van der Waals surface area contributed by atoms with E-state index in [-0.39, 0.29) is 5.91 Å². The number of ether oxygens (including phenoxy) is 1. The van der Waals surface area contributed by atoms with Crippen molar-refractivity contribution in [3.63, 3.8) is 0 Å². The molecule has 1 aliphatic rings. The predicted octanol–water partition coefficient (Wildman–Crippen LogP) is 2.22. The molecule has 1 aliphatic heterocycles. The van der Waals surface area contributed by atoms with Crippen molar-refractivity contribution in [2.75, 3.05) is 13.7 Å². The number of hydrogen-bond donors (Lipinski definition) is 2. The van der Waals surface area contributed by atoms with E-state index in [1.54, 1.807) is 7.11 Å². The lowest BCUT2D eigenvalue weighted by Crippen LogP contribution is -2.31. The Labute approximate surface area is 106 Å². The van der Waals surface area contributed by atoms with Gasteiger partial charge >= 0.3 is 0 Å². The van der Waals surface area contributed by atoms with Gasteiger partial charge in [0.25, 0.3) is 5.91 Å². The Kier molecular flexibility index (Phi) is 2.36. The Morgan fingerprint density at radius 2 is 2.24 bits per heavy atom. The molecule has 1 amide bonds. The molecule has 1 aromatic heterocycles. The minimum Gasteiger partial charge on any atom is -0.497 e. The molecule has 2 N–H and O–H groups in total. The minimum absolute atomic E-state index is 0.0340. The summed E-state index contributed by atoms with van der Waals surface area (Å²) in [5.41, 5.74) is 2.68. The first-order valence-electron chi connectivity index (χ1n) is 5.37. The maximum absolute atomic E-state index is 11.7. The Hall–Kier alpha value is -1.49. The molecular weight excluding hydrogens is 284 g/mol. The van der Waals surface area contributed by atoms with Crippen LogP contribution in [0.2, 0.25) is 0 Å². The second-order valence-corrected chi connectivity index (χ2v) is 4.87. The third kappa shape index (κ3) is 1.53. The highest BCUT2D eigenvalue weighted by Gasteiger charge is 2.23. The first-order valence-corrected chi connectivity index (χ1v) is 6.16. The van der Waals surface area contributed by atoms with Crippen LogP contribution < -0.4 is 10.1 Å². The molecule has 0 spiro atoms. The molecular formula is C12H11BrN2O2. The molecule has 0 aliphatic carbocycles. The number of halogens is 1. The van der Waals surface area contributed by atoms with Crippen molar-refractivity contribution in [3.05, 3.63) is 27.9 Å². The van der Waals surface area contributed by atoms with Crippen molar-refractivity contribution in [2.24, 2.45) is 0 Å². The van der Waals surface area contributed by atoms with Crippen LogP contribution in [0, 0.1) is 0 Å². The van der Waals surface area contributed by atoms with E-state index in [0.717, 1.165) is 33.1 Å². The first-order chi connectivity index (χ1) is 8.20. The van der Waals surface area contributed by atoms with E-state index in [4.69, 9.17) is 4.74 Å². The van der Waals surface area contributed by atoms with E-state index in [1.807, 2.05) is 12.1 Å². The van der Waals surface area contributed by atoms with Crippen LogP contribution in [-0.2, 0) is 6.42 Å². The van der Waals surface area contributed by atoms with E-state index in [0.29, 0.717) is 12.2 Å². The number of hydrogen-bond acceptors (Lipinski definition) is 2. The van der Waals surface area contributed by atoms with Crippen LogP contribution in [0.25, 0.3) is 10.9 Å². The number of methoxy groups -OCH3 is 1. The quantitative estimate of drug-likeness (QED) is 0.847. The molecule has 0 bridgehead atoms. The Morgan fingerprint density at radius 1 is 1.41 bits per heavy atom. The first kappa shape index (κ1) is 10.7. The highest BCUT2D eigenvalue weighted by Crippen LogP contribution is 2.34. The van der Waals surface area contributed by atoms with Crippen LogP contribution in [0.4, 0.5) is 0 Å². The van der Waals surface area contributed by atoms with E-state index >= 15 is 0 Å². The molecule has 0 radical (unpaired) electrons. The van der Waals surface area contributed by atoms with Crippen molar-refractivity contribution in [2.45, 2.75) is 6.42 Å². The van der Waals surface area contributed by atoms with Crippen molar-refractivity contribution in [1.29, 1.82) is 0 Å². The molecule has 0 unspecified atom stereocenters.